The van der Waals surface area contributed by atoms with Crippen LogP contribution in [-0.2, 0) is 31.6 Å². The molecule has 0 amide bonds. The summed E-state index contributed by atoms with van der Waals surface area (Å²) in [5.41, 5.74) is 9.99. The Hall–Kier alpha value is -2.70. The molecular formula is C16H22N7O13P3. The molecule has 3 aromatic rings. The Morgan fingerprint density at radius 1 is 1.08 bits per heavy atom. The number of nitrogens with two attached hydrogens (primary N) is 2. The van der Waals surface area contributed by atoms with Gasteiger partial charge in [-0.1, -0.05) is 12.1 Å². The molecule has 0 spiro atoms. The van der Waals surface area contributed by atoms with Gasteiger partial charge in [-0.25, -0.2) is 18.7 Å². The van der Waals surface area contributed by atoms with Gasteiger partial charge in [0, 0.05) is 0 Å². The van der Waals surface area contributed by atoms with E-state index in [9.17, 15) is 43.4 Å². The normalized spacial score (nSPS) is 26.1. The summed E-state index contributed by atoms with van der Waals surface area (Å²) in [6.07, 6.45) is -5.32. The van der Waals surface area contributed by atoms with Crippen LogP contribution in [0.25, 0.3) is 11.2 Å². The predicted octanol–water partition coefficient (Wildman–Crippen LogP) is -0.634. The van der Waals surface area contributed by atoms with Crippen LogP contribution in [-0.4, -0.2) is 69.3 Å². The Labute approximate surface area is 217 Å². The number of aromatic nitrogens is 4. The maximum absolute atomic E-state index is 12.2. The van der Waals surface area contributed by atoms with Gasteiger partial charge in [-0.05, 0) is 12.1 Å². The molecule has 11 N–H and O–H groups in total. The van der Waals surface area contributed by atoms with E-state index in [2.05, 4.69) is 28.1 Å². The van der Waals surface area contributed by atoms with Crippen molar-refractivity contribution in [2.24, 2.45) is 0 Å². The number of nitrogens with zero attached hydrogens (tertiary/aromatic N) is 3. The van der Waals surface area contributed by atoms with Gasteiger partial charge in [-0.2, -0.15) is 13.6 Å². The molecule has 1 saturated heterocycles. The standard InChI is InChI=1S/C16H22N7O13P3/c17-7-3-1-2-4-8(7)22-37(27,28)35-39(31,32)36-38(29,30)33-5-9-11(24)12(25)15(34-9)23-6-19-10-13(23)20-16(18)21-14(10)26/h1-4,6,9,11-12,15,24-25H,5,17H2,(H,29,30)(H,31,32)(H2,22,27,28)(H3,18,20,21,26)/t9-,11-,12-,15-/m1/s1. The van der Waals surface area contributed by atoms with Gasteiger partial charge in [0.2, 0.25) is 5.95 Å². The number of fused-ring (bicyclic) bond motifs is 1. The summed E-state index contributed by atoms with van der Waals surface area (Å²) in [4.78, 5) is 51.4. The molecule has 1 aliphatic heterocycles. The second kappa shape index (κ2) is 10.7. The minimum atomic E-state index is -5.74. The summed E-state index contributed by atoms with van der Waals surface area (Å²) in [5, 5.41) is 22.6. The van der Waals surface area contributed by atoms with E-state index in [1.807, 2.05) is 5.09 Å². The monoisotopic (exact) mass is 613 g/mol. The van der Waals surface area contributed by atoms with E-state index in [4.69, 9.17) is 16.2 Å². The Morgan fingerprint density at radius 3 is 2.46 bits per heavy atom. The third-order valence-electron chi connectivity index (χ3n) is 5.11. The number of rotatable bonds is 10. The van der Waals surface area contributed by atoms with Crippen LogP contribution in [0.5, 0.6) is 0 Å². The van der Waals surface area contributed by atoms with E-state index in [0.29, 0.717) is 0 Å². The third kappa shape index (κ3) is 6.72. The molecule has 39 heavy (non-hydrogen) atoms. The van der Waals surface area contributed by atoms with Crippen LogP contribution >= 0.6 is 23.4 Å². The number of ether oxygens (including phenoxy) is 1. The van der Waals surface area contributed by atoms with Crippen molar-refractivity contribution < 1.29 is 56.5 Å². The number of hydrogen-bond acceptors (Lipinski definition) is 14. The van der Waals surface area contributed by atoms with E-state index < -0.39 is 60.1 Å². The highest BCUT2D eigenvalue weighted by molar-refractivity contribution is 7.68. The topological polar surface area (TPSA) is 317 Å². The molecule has 20 nitrogen and oxygen atoms in total. The van der Waals surface area contributed by atoms with Crippen molar-refractivity contribution in [3.05, 3.63) is 40.9 Å². The maximum Gasteiger partial charge on any atom is 0.489 e. The number of H-pyrrole nitrogens is 1. The molecule has 7 atom stereocenters. The first kappa shape index (κ1) is 29.3. The molecule has 3 heterocycles. The van der Waals surface area contributed by atoms with Crippen LogP contribution in [0.15, 0.2) is 35.4 Å². The lowest BCUT2D eigenvalue weighted by atomic mass is 10.1. The number of phosphoric ester groups is 1. The van der Waals surface area contributed by atoms with Crippen LogP contribution in [0.4, 0.5) is 17.3 Å². The fourth-order valence-electron chi connectivity index (χ4n) is 3.47. The van der Waals surface area contributed by atoms with E-state index in [1.165, 1.54) is 24.3 Å². The first-order valence-corrected chi connectivity index (χ1v) is 15.1. The third-order valence-corrected chi connectivity index (χ3v) is 9.47. The highest BCUT2D eigenvalue weighted by atomic mass is 31.3. The van der Waals surface area contributed by atoms with Gasteiger partial charge < -0.3 is 41.1 Å². The molecule has 1 aliphatic rings. The number of aromatic amines is 1. The van der Waals surface area contributed by atoms with Crippen molar-refractivity contribution >= 4 is 51.9 Å². The van der Waals surface area contributed by atoms with Crippen molar-refractivity contribution in [2.75, 3.05) is 23.2 Å². The summed E-state index contributed by atoms with van der Waals surface area (Å²) < 4.78 is 55.8. The average molecular weight is 613 g/mol. The van der Waals surface area contributed by atoms with Crippen molar-refractivity contribution in [2.45, 2.75) is 24.5 Å². The summed E-state index contributed by atoms with van der Waals surface area (Å²) in [6, 6.07) is 5.51. The van der Waals surface area contributed by atoms with Crippen LogP contribution in [0.2, 0.25) is 0 Å². The molecule has 0 saturated carbocycles. The highest BCUT2D eigenvalue weighted by Gasteiger charge is 2.47. The molecule has 4 rings (SSSR count). The summed E-state index contributed by atoms with van der Waals surface area (Å²) in [7, 11) is -16.4. The second-order valence-corrected chi connectivity index (χ2v) is 12.6. The SMILES string of the molecule is Nc1nc2c(ncn2[C@@H]2O[C@H](COP(=O)(O)OP(=O)(O)OP(=O)(O)Nc3ccccc3N)[C@@H](O)[C@H]2O)c(=O)[nH]1. The lowest BCUT2D eigenvalue weighted by molar-refractivity contribution is -0.0503. The van der Waals surface area contributed by atoms with Gasteiger partial charge in [0.25, 0.3) is 5.56 Å². The number of para-hydroxylation sites is 2. The van der Waals surface area contributed by atoms with E-state index in [0.717, 1.165) is 10.9 Å². The van der Waals surface area contributed by atoms with Crippen LogP contribution in [0.3, 0.4) is 0 Å². The molecule has 0 aliphatic carbocycles. The Balaban J connectivity index is 1.40. The van der Waals surface area contributed by atoms with Gasteiger partial charge in [0.05, 0.1) is 24.3 Å². The van der Waals surface area contributed by atoms with Crippen molar-refractivity contribution in [3.8, 4) is 0 Å². The zero-order valence-electron chi connectivity index (χ0n) is 19.2. The highest BCUT2D eigenvalue weighted by Crippen LogP contribution is 2.67. The molecule has 0 radical (unpaired) electrons. The molecule has 3 unspecified atom stereocenters. The number of benzene rings is 1. The number of imidazole rings is 1. The largest absolute Gasteiger partial charge is 0.489 e. The number of aliphatic hydroxyl groups excluding tert-OH is 2. The van der Waals surface area contributed by atoms with Crippen LogP contribution in [0.1, 0.15) is 6.23 Å². The summed E-state index contributed by atoms with van der Waals surface area (Å²) in [5.74, 6) is -0.272. The lowest BCUT2D eigenvalue weighted by Gasteiger charge is -2.21. The zero-order chi connectivity index (χ0) is 28.8. The second-order valence-electron chi connectivity index (χ2n) is 7.94. The minimum Gasteiger partial charge on any atom is -0.397 e. The number of hydrogen-bond donors (Lipinski definition) is 9. The fourth-order valence-corrected chi connectivity index (χ4v) is 7.22. The first-order valence-electron chi connectivity index (χ1n) is 10.5. The van der Waals surface area contributed by atoms with Crippen LogP contribution in [0, 0.1) is 0 Å². The number of aliphatic hydroxyl groups is 2. The Morgan fingerprint density at radius 2 is 1.77 bits per heavy atom. The maximum atomic E-state index is 12.2. The smallest absolute Gasteiger partial charge is 0.397 e. The summed E-state index contributed by atoms with van der Waals surface area (Å²) in [6.45, 7) is -0.999. The first-order chi connectivity index (χ1) is 18.1. The molecule has 1 aromatic carbocycles. The fraction of sp³-hybridized carbons (Fsp3) is 0.312. The molecular weight excluding hydrogens is 591 g/mol. The number of phosphoric acid groups is 2. The predicted molar refractivity (Wildman–Crippen MR) is 131 cm³/mol. The average Bonchev–Trinajstić information content (AvgIpc) is 3.33. The number of nitrogen functional groups attached to an aromatic ring is 2. The van der Waals surface area contributed by atoms with Crippen molar-refractivity contribution in [1.29, 1.82) is 0 Å². The quantitative estimate of drug-likeness (QED) is 0.101. The van der Waals surface area contributed by atoms with E-state index in [1.54, 1.807) is 0 Å². The van der Waals surface area contributed by atoms with Gasteiger partial charge in [0.15, 0.2) is 17.4 Å². The number of anilines is 3. The number of nitrogens with one attached hydrogen (secondary N) is 2. The molecule has 1 fully saturated rings. The minimum absolute atomic E-state index is 0.0226. The van der Waals surface area contributed by atoms with Crippen molar-refractivity contribution in [1.82, 2.24) is 19.5 Å². The summed E-state index contributed by atoms with van der Waals surface area (Å²) >= 11 is 0. The Kier molecular flexibility index (Phi) is 8.04. The molecule has 214 valence electrons. The molecule has 23 heteroatoms. The molecule has 0 bridgehead atoms. The van der Waals surface area contributed by atoms with E-state index >= 15 is 0 Å². The van der Waals surface area contributed by atoms with Gasteiger partial charge >= 0.3 is 23.4 Å². The lowest BCUT2D eigenvalue weighted by Crippen LogP contribution is -2.33. The van der Waals surface area contributed by atoms with E-state index in [-0.39, 0.29) is 28.5 Å². The van der Waals surface area contributed by atoms with Crippen LogP contribution < -0.4 is 22.1 Å². The Bertz CT molecular complexity index is 1580. The van der Waals surface area contributed by atoms with Crippen molar-refractivity contribution in [3.63, 3.8) is 0 Å². The van der Waals surface area contributed by atoms with Gasteiger partial charge in [-0.3, -0.25) is 24.0 Å². The van der Waals surface area contributed by atoms with Gasteiger partial charge in [0.1, 0.15) is 18.3 Å². The van der Waals surface area contributed by atoms with Gasteiger partial charge in [-0.15, -0.1) is 0 Å². The molecule has 2 aromatic heterocycles. The zero-order valence-corrected chi connectivity index (χ0v) is 21.9.